The number of aryl methyl sites for hydroxylation is 2. The van der Waals surface area contributed by atoms with Gasteiger partial charge in [-0.2, -0.15) is 13.2 Å². The van der Waals surface area contributed by atoms with Crippen molar-refractivity contribution in [3.05, 3.63) is 35.4 Å². The fourth-order valence-electron chi connectivity index (χ4n) is 2.66. The van der Waals surface area contributed by atoms with Crippen LogP contribution >= 0.6 is 0 Å². The van der Waals surface area contributed by atoms with E-state index in [0.717, 1.165) is 6.07 Å². The van der Waals surface area contributed by atoms with Gasteiger partial charge in [0.15, 0.2) is 5.65 Å². The van der Waals surface area contributed by atoms with Gasteiger partial charge in [0.1, 0.15) is 17.4 Å². The lowest BCUT2D eigenvalue weighted by Crippen LogP contribution is -2.06. The van der Waals surface area contributed by atoms with Crippen molar-refractivity contribution < 1.29 is 18.3 Å². The van der Waals surface area contributed by atoms with Gasteiger partial charge in [-0.3, -0.25) is 0 Å². The molecule has 0 bridgehead atoms. The van der Waals surface area contributed by atoms with E-state index in [9.17, 15) is 18.3 Å². The number of fused-ring (bicyclic) bond motifs is 1. The lowest BCUT2D eigenvalue weighted by Gasteiger charge is -2.13. The summed E-state index contributed by atoms with van der Waals surface area (Å²) in [4.78, 5) is 8.69. The SMILES string of the molecule is CNc1ccc2c(n1)nc(-c1c(C)cc(C(F)(F)F)cc1O)n2C. The normalized spacial score (nSPS) is 11.9. The number of hydrogen-bond acceptors (Lipinski definition) is 4. The summed E-state index contributed by atoms with van der Waals surface area (Å²) in [7, 11) is 3.45. The molecule has 126 valence electrons. The average Bonchev–Trinajstić information content (AvgIpc) is 2.82. The average molecular weight is 336 g/mol. The smallest absolute Gasteiger partial charge is 0.416 e. The Morgan fingerprint density at radius 2 is 1.88 bits per heavy atom. The summed E-state index contributed by atoms with van der Waals surface area (Å²) >= 11 is 0. The first kappa shape index (κ1) is 16.1. The maximum atomic E-state index is 12.9. The molecule has 0 saturated carbocycles. The van der Waals surface area contributed by atoms with E-state index in [1.807, 2.05) is 0 Å². The van der Waals surface area contributed by atoms with E-state index in [4.69, 9.17) is 0 Å². The number of benzene rings is 1. The minimum absolute atomic E-state index is 0.259. The number of aromatic nitrogens is 3. The van der Waals surface area contributed by atoms with Crippen molar-refractivity contribution in [3.8, 4) is 17.1 Å². The zero-order chi connectivity index (χ0) is 17.6. The molecule has 2 aromatic heterocycles. The van der Waals surface area contributed by atoms with E-state index in [1.54, 1.807) is 30.8 Å². The Balaban J connectivity index is 2.22. The zero-order valence-electron chi connectivity index (χ0n) is 13.2. The number of nitrogens with zero attached hydrogens (tertiary/aromatic N) is 3. The molecule has 2 heterocycles. The van der Waals surface area contributed by atoms with E-state index < -0.39 is 17.5 Å². The number of rotatable bonds is 2. The van der Waals surface area contributed by atoms with Crippen LogP contribution in [0.4, 0.5) is 19.0 Å². The van der Waals surface area contributed by atoms with Crippen LogP contribution < -0.4 is 5.32 Å². The first-order valence-corrected chi connectivity index (χ1v) is 7.14. The van der Waals surface area contributed by atoms with E-state index in [0.29, 0.717) is 28.9 Å². The van der Waals surface area contributed by atoms with Gasteiger partial charge in [-0.1, -0.05) is 0 Å². The zero-order valence-corrected chi connectivity index (χ0v) is 13.2. The van der Waals surface area contributed by atoms with Crippen LogP contribution in [0.3, 0.4) is 0 Å². The number of alkyl halides is 3. The summed E-state index contributed by atoms with van der Waals surface area (Å²) in [5.74, 6) is 0.518. The molecule has 0 unspecified atom stereocenters. The Bertz CT molecular complexity index is 908. The summed E-state index contributed by atoms with van der Waals surface area (Å²) in [6.07, 6.45) is -4.52. The maximum absolute atomic E-state index is 12.9. The summed E-state index contributed by atoms with van der Waals surface area (Å²) in [6.45, 7) is 1.51. The molecule has 0 atom stereocenters. The summed E-state index contributed by atoms with van der Waals surface area (Å²) in [6, 6.07) is 5.30. The third-order valence-corrected chi connectivity index (χ3v) is 3.87. The monoisotopic (exact) mass is 336 g/mol. The lowest BCUT2D eigenvalue weighted by molar-refractivity contribution is -0.137. The molecule has 0 amide bonds. The fourth-order valence-corrected chi connectivity index (χ4v) is 2.66. The molecule has 0 saturated heterocycles. The van der Waals surface area contributed by atoms with Crippen molar-refractivity contribution >= 4 is 17.0 Å². The Kier molecular flexibility index (Phi) is 3.62. The highest BCUT2D eigenvalue weighted by Gasteiger charge is 2.32. The molecular formula is C16H15F3N4O. The Morgan fingerprint density at radius 1 is 1.17 bits per heavy atom. The Morgan fingerprint density at radius 3 is 2.46 bits per heavy atom. The van der Waals surface area contributed by atoms with Crippen molar-refractivity contribution in [3.63, 3.8) is 0 Å². The number of phenolic OH excluding ortho intramolecular Hbond substituents is 1. The molecule has 3 rings (SSSR count). The van der Waals surface area contributed by atoms with Crippen LogP contribution in [0.25, 0.3) is 22.6 Å². The second-order valence-corrected chi connectivity index (χ2v) is 5.47. The second kappa shape index (κ2) is 5.40. The molecule has 0 spiro atoms. The van der Waals surface area contributed by atoms with Crippen molar-refractivity contribution in [2.75, 3.05) is 12.4 Å². The highest BCUT2D eigenvalue weighted by molar-refractivity contribution is 5.81. The summed E-state index contributed by atoms with van der Waals surface area (Å²) in [5, 5.41) is 13.1. The molecular weight excluding hydrogens is 321 g/mol. The molecule has 0 radical (unpaired) electrons. The van der Waals surface area contributed by atoms with Crippen LogP contribution in [-0.2, 0) is 13.2 Å². The molecule has 5 nitrogen and oxygen atoms in total. The minimum atomic E-state index is -4.52. The van der Waals surface area contributed by atoms with E-state index in [1.165, 1.54) is 6.92 Å². The van der Waals surface area contributed by atoms with Crippen molar-refractivity contribution in [1.82, 2.24) is 14.5 Å². The predicted molar refractivity (Wildman–Crippen MR) is 84.9 cm³/mol. The van der Waals surface area contributed by atoms with Crippen LogP contribution in [-0.4, -0.2) is 26.7 Å². The third-order valence-electron chi connectivity index (χ3n) is 3.87. The van der Waals surface area contributed by atoms with Gasteiger partial charge in [0.25, 0.3) is 0 Å². The number of halogens is 3. The van der Waals surface area contributed by atoms with Crippen LogP contribution in [0.1, 0.15) is 11.1 Å². The quantitative estimate of drug-likeness (QED) is 0.749. The molecule has 0 aliphatic rings. The molecule has 0 aliphatic heterocycles. The summed E-state index contributed by atoms with van der Waals surface area (Å²) in [5.41, 5.74) is 0.806. The van der Waals surface area contributed by atoms with Gasteiger partial charge in [-0.15, -0.1) is 0 Å². The first-order chi connectivity index (χ1) is 11.2. The highest BCUT2D eigenvalue weighted by Crippen LogP contribution is 2.39. The number of aromatic hydroxyl groups is 1. The van der Waals surface area contributed by atoms with E-state index >= 15 is 0 Å². The molecule has 3 aromatic rings. The molecule has 24 heavy (non-hydrogen) atoms. The lowest BCUT2D eigenvalue weighted by atomic mass is 10.0. The van der Waals surface area contributed by atoms with Crippen molar-refractivity contribution in [2.45, 2.75) is 13.1 Å². The predicted octanol–water partition coefficient (Wildman–Crippen LogP) is 3.71. The number of nitrogens with one attached hydrogen (secondary N) is 1. The van der Waals surface area contributed by atoms with E-state index in [2.05, 4.69) is 15.3 Å². The molecule has 0 fully saturated rings. The molecule has 1 aromatic carbocycles. The topological polar surface area (TPSA) is 63.0 Å². The van der Waals surface area contributed by atoms with Gasteiger partial charge >= 0.3 is 6.18 Å². The van der Waals surface area contributed by atoms with Crippen LogP contribution in [0.15, 0.2) is 24.3 Å². The van der Waals surface area contributed by atoms with Crippen LogP contribution in [0.5, 0.6) is 5.75 Å². The maximum Gasteiger partial charge on any atom is 0.416 e. The van der Waals surface area contributed by atoms with Gasteiger partial charge in [-0.25, -0.2) is 9.97 Å². The number of anilines is 1. The van der Waals surface area contributed by atoms with Gasteiger partial charge in [0.2, 0.25) is 0 Å². The standard InChI is InChI=1S/C16H15F3N4O/c1-8-6-9(16(17,18)19)7-11(24)13(8)15-22-14-10(23(15)3)4-5-12(20-2)21-14/h4-7,24H,1-3H3,(H,20,21). The molecule has 0 aliphatic carbocycles. The Labute approximate surface area is 135 Å². The number of pyridine rings is 1. The van der Waals surface area contributed by atoms with Gasteiger partial charge < -0.3 is 15.0 Å². The minimum Gasteiger partial charge on any atom is -0.507 e. The van der Waals surface area contributed by atoms with E-state index in [-0.39, 0.29) is 11.1 Å². The van der Waals surface area contributed by atoms with Gasteiger partial charge in [-0.05, 0) is 36.8 Å². The fraction of sp³-hybridized carbons (Fsp3) is 0.250. The van der Waals surface area contributed by atoms with Gasteiger partial charge in [0.05, 0.1) is 16.6 Å². The van der Waals surface area contributed by atoms with Gasteiger partial charge in [0, 0.05) is 14.1 Å². The number of imidazole rings is 1. The highest BCUT2D eigenvalue weighted by atomic mass is 19.4. The Hall–Kier alpha value is -2.77. The summed E-state index contributed by atoms with van der Waals surface area (Å²) < 4.78 is 40.3. The van der Waals surface area contributed by atoms with Crippen molar-refractivity contribution in [1.29, 1.82) is 0 Å². The van der Waals surface area contributed by atoms with Crippen LogP contribution in [0, 0.1) is 6.92 Å². The van der Waals surface area contributed by atoms with Crippen molar-refractivity contribution in [2.24, 2.45) is 7.05 Å². The largest absolute Gasteiger partial charge is 0.507 e. The number of hydrogen-bond donors (Lipinski definition) is 2. The molecule has 8 heteroatoms. The second-order valence-electron chi connectivity index (χ2n) is 5.47. The first-order valence-electron chi connectivity index (χ1n) is 7.14. The number of phenols is 1. The van der Waals surface area contributed by atoms with Crippen LogP contribution in [0.2, 0.25) is 0 Å². The molecule has 2 N–H and O–H groups in total. The third kappa shape index (κ3) is 2.53.